The smallest absolute Gasteiger partial charge is 0.267 e. The summed E-state index contributed by atoms with van der Waals surface area (Å²) in [5, 5.41) is 10.4. The number of thiazole rings is 1. The van der Waals surface area contributed by atoms with Crippen molar-refractivity contribution in [2.75, 3.05) is 23.8 Å². The summed E-state index contributed by atoms with van der Waals surface area (Å²) in [6.07, 6.45) is 0. The molecule has 2 N–H and O–H groups in total. The van der Waals surface area contributed by atoms with E-state index in [0.29, 0.717) is 46.7 Å². The minimum Gasteiger partial charge on any atom is -0.486 e. The van der Waals surface area contributed by atoms with Crippen LogP contribution in [0.5, 0.6) is 11.5 Å². The highest BCUT2D eigenvalue weighted by Crippen LogP contribution is 2.33. The zero-order chi connectivity index (χ0) is 24.5. The van der Waals surface area contributed by atoms with Gasteiger partial charge in [-0.1, -0.05) is 41.1 Å². The molecule has 2 aromatic carbocycles. The third kappa shape index (κ3) is 4.58. The first-order chi connectivity index (χ1) is 16.9. The topological polar surface area (TPSA) is 107 Å². The highest BCUT2D eigenvalue weighted by atomic mass is 35.5. The number of aromatic nitrogens is 3. The summed E-state index contributed by atoms with van der Waals surface area (Å²) in [5.74, 6) is 0.412. The second kappa shape index (κ2) is 9.40. The van der Waals surface area contributed by atoms with E-state index in [1.807, 2.05) is 30.3 Å². The van der Waals surface area contributed by atoms with Crippen molar-refractivity contribution in [1.29, 1.82) is 0 Å². The van der Waals surface area contributed by atoms with Crippen LogP contribution in [0.1, 0.15) is 31.4 Å². The van der Waals surface area contributed by atoms with E-state index in [4.69, 9.17) is 21.1 Å². The number of aryl methyl sites for hydroxylation is 2. The number of fused-ring (bicyclic) bond motifs is 1. The average Bonchev–Trinajstić information content (AvgIpc) is 3.37. The Morgan fingerprint density at radius 2 is 1.71 bits per heavy atom. The van der Waals surface area contributed by atoms with E-state index in [1.54, 1.807) is 32.0 Å². The number of benzene rings is 2. The Hall–Kier alpha value is -3.89. The van der Waals surface area contributed by atoms with Crippen molar-refractivity contribution in [1.82, 2.24) is 14.8 Å². The Morgan fingerprint density at radius 1 is 0.971 bits per heavy atom. The van der Waals surface area contributed by atoms with Gasteiger partial charge in [0.05, 0.1) is 17.1 Å². The molecule has 0 saturated carbocycles. The van der Waals surface area contributed by atoms with Crippen LogP contribution in [0.15, 0.2) is 48.5 Å². The van der Waals surface area contributed by atoms with Gasteiger partial charge in [0, 0.05) is 11.8 Å². The van der Waals surface area contributed by atoms with Crippen LogP contribution in [0.3, 0.4) is 0 Å². The molecule has 35 heavy (non-hydrogen) atoms. The number of amides is 2. The van der Waals surface area contributed by atoms with E-state index in [2.05, 4.69) is 20.7 Å². The van der Waals surface area contributed by atoms with Gasteiger partial charge in [-0.05, 0) is 38.1 Å². The van der Waals surface area contributed by atoms with E-state index >= 15 is 0 Å². The number of rotatable bonds is 5. The number of carbonyl (C=O) groups excluding carboxylic acids is 2. The van der Waals surface area contributed by atoms with Gasteiger partial charge in [-0.2, -0.15) is 5.10 Å². The molecule has 178 valence electrons. The third-order valence-electron chi connectivity index (χ3n) is 5.26. The molecule has 0 fully saturated rings. The third-order valence-corrected chi connectivity index (χ3v) is 6.68. The van der Waals surface area contributed by atoms with Crippen molar-refractivity contribution in [2.24, 2.45) is 0 Å². The van der Waals surface area contributed by atoms with E-state index in [-0.39, 0.29) is 21.8 Å². The van der Waals surface area contributed by atoms with Crippen molar-refractivity contribution in [2.45, 2.75) is 13.8 Å². The van der Waals surface area contributed by atoms with Crippen molar-refractivity contribution in [3.8, 4) is 17.2 Å². The summed E-state index contributed by atoms with van der Waals surface area (Å²) in [6.45, 7) is 4.36. The Labute approximate surface area is 209 Å². The van der Waals surface area contributed by atoms with Crippen LogP contribution in [0.4, 0.5) is 10.8 Å². The maximum absolute atomic E-state index is 13.0. The number of ether oxygens (including phenoxy) is 2. The molecular formula is C24H20ClN5O4S. The molecule has 0 unspecified atom stereocenters. The van der Waals surface area contributed by atoms with E-state index < -0.39 is 5.91 Å². The van der Waals surface area contributed by atoms with Crippen molar-refractivity contribution in [3.63, 3.8) is 0 Å². The number of anilines is 2. The van der Waals surface area contributed by atoms with E-state index in [1.165, 1.54) is 4.68 Å². The van der Waals surface area contributed by atoms with Gasteiger partial charge in [0.25, 0.3) is 11.8 Å². The molecule has 0 saturated heterocycles. The lowest BCUT2D eigenvalue weighted by molar-refractivity contribution is 0.101. The molecule has 1 aliphatic rings. The lowest BCUT2D eigenvalue weighted by Gasteiger charge is -2.18. The van der Waals surface area contributed by atoms with Crippen LogP contribution in [0.25, 0.3) is 5.69 Å². The first-order valence-corrected chi connectivity index (χ1v) is 11.9. The molecule has 11 heteroatoms. The molecule has 2 aromatic heterocycles. The molecule has 0 aliphatic carbocycles. The second-order valence-electron chi connectivity index (χ2n) is 7.70. The fraction of sp³-hybridized carbons (Fsp3) is 0.167. The number of para-hydroxylation sites is 1. The second-order valence-corrected chi connectivity index (χ2v) is 9.06. The van der Waals surface area contributed by atoms with Crippen LogP contribution in [-0.2, 0) is 0 Å². The van der Waals surface area contributed by atoms with Crippen LogP contribution in [-0.4, -0.2) is 39.8 Å². The molecular weight excluding hydrogens is 490 g/mol. The van der Waals surface area contributed by atoms with E-state index in [0.717, 1.165) is 17.0 Å². The Balaban J connectivity index is 1.32. The summed E-state index contributed by atoms with van der Waals surface area (Å²) in [7, 11) is 0. The largest absolute Gasteiger partial charge is 0.486 e. The van der Waals surface area contributed by atoms with Gasteiger partial charge in [-0.25, -0.2) is 9.67 Å². The maximum Gasteiger partial charge on any atom is 0.267 e. The standard InChI is InChI=1S/C24H20ClN5O4S/c1-13-19(21(25)30(29-13)16-6-4-3-5-7-16)22(31)28-24-26-14(2)20(35-24)23(32)27-15-8-9-17-18(12-15)34-11-10-33-17/h3-9,12H,10-11H2,1-2H3,(H,27,32)(H,26,28,31). The predicted octanol–water partition coefficient (Wildman–Crippen LogP) is 4.87. The molecule has 0 atom stereocenters. The number of carbonyl (C=O) groups is 2. The minimum absolute atomic E-state index is 0.191. The molecule has 5 rings (SSSR count). The Morgan fingerprint density at radius 3 is 2.49 bits per heavy atom. The monoisotopic (exact) mass is 509 g/mol. The molecule has 3 heterocycles. The average molecular weight is 510 g/mol. The van der Waals surface area contributed by atoms with Crippen LogP contribution in [0.2, 0.25) is 5.15 Å². The maximum atomic E-state index is 13.0. The van der Waals surface area contributed by atoms with Crippen LogP contribution < -0.4 is 20.1 Å². The molecule has 0 bridgehead atoms. The Bertz CT molecular complexity index is 1430. The summed E-state index contributed by atoms with van der Waals surface area (Å²) in [5.41, 5.74) is 2.51. The first kappa shape index (κ1) is 22.9. The van der Waals surface area contributed by atoms with Gasteiger partial charge < -0.3 is 14.8 Å². The minimum atomic E-state index is -0.456. The lowest BCUT2D eigenvalue weighted by atomic mass is 10.2. The van der Waals surface area contributed by atoms with Crippen molar-refractivity contribution < 1.29 is 19.1 Å². The zero-order valence-corrected chi connectivity index (χ0v) is 20.4. The number of nitrogens with zero attached hydrogens (tertiary/aromatic N) is 3. The quantitative estimate of drug-likeness (QED) is 0.397. The molecule has 1 aliphatic heterocycles. The highest BCUT2D eigenvalue weighted by Gasteiger charge is 2.24. The fourth-order valence-corrected chi connectivity index (χ4v) is 4.84. The van der Waals surface area contributed by atoms with Gasteiger partial charge in [0.1, 0.15) is 28.8 Å². The first-order valence-electron chi connectivity index (χ1n) is 10.7. The summed E-state index contributed by atoms with van der Waals surface area (Å²) < 4.78 is 12.6. The van der Waals surface area contributed by atoms with Gasteiger partial charge >= 0.3 is 0 Å². The predicted molar refractivity (Wildman–Crippen MR) is 134 cm³/mol. The van der Waals surface area contributed by atoms with Gasteiger partial charge in [0.15, 0.2) is 16.6 Å². The summed E-state index contributed by atoms with van der Waals surface area (Å²) in [4.78, 5) is 30.6. The number of hydrogen-bond acceptors (Lipinski definition) is 7. The fourth-order valence-electron chi connectivity index (χ4n) is 3.63. The summed E-state index contributed by atoms with van der Waals surface area (Å²) >= 11 is 7.56. The highest BCUT2D eigenvalue weighted by molar-refractivity contribution is 7.17. The van der Waals surface area contributed by atoms with Crippen LogP contribution in [0, 0.1) is 13.8 Å². The SMILES string of the molecule is Cc1nc(NC(=O)c2c(C)nn(-c3ccccc3)c2Cl)sc1C(=O)Nc1ccc2c(c1)OCCO2. The molecule has 9 nitrogen and oxygen atoms in total. The van der Waals surface area contributed by atoms with Gasteiger partial charge in [-0.3, -0.25) is 14.9 Å². The lowest BCUT2D eigenvalue weighted by Crippen LogP contribution is -2.16. The zero-order valence-electron chi connectivity index (χ0n) is 18.8. The molecule has 0 radical (unpaired) electrons. The van der Waals surface area contributed by atoms with E-state index in [9.17, 15) is 9.59 Å². The van der Waals surface area contributed by atoms with Gasteiger partial charge in [0.2, 0.25) is 0 Å². The van der Waals surface area contributed by atoms with Crippen LogP contribution >= 0.6 is 22.9 Å². The summed E-state index contributed by atoms with van der Waals surface area (Å²) in [6, 6.07) is 14.5. The van der Waals surface area contributed by atoms with Crippen molar-refractivity contribution in [3.05, 3.63) is 75.5 Å². The molecule has 2 amide bonds. The normalized spacial score (nSPS) is 12.3. The number of hydrogen-bond donors (Lipinski definition) is 2. The van der Waals surface area contributed by atoms with Gasteiger partial charge in [-0.15, -0.1) is 0 Å². The van der Waals surface area contributed by atoms with Crippen molar-refractivity contribution >= 4 is 45.6 Å². The Kier molecular flexibility index (Phi) is 6.14. The number of halogens is 1. The molecule has 4 aromatic rings. The molecule has 0 spiro atoms. The number of nitrogens with one attached hydrogen (secondary N) is 2.